The summed E-state index contributed by atoms with van der Waals surface area (Å²) in [6.45, 7) is 1.77. The van der Waals surface area contributed by atoms with Crippen molar-refractivity contribution in [3.63, 3.8) is 0 Å². The van der Waals surface area contributed by atoms with Crippen LogP contribution in [0.25, 0.3) is 0 Å². The van der Waals surface area contributed by atoms with Crippen LogP contribution in [-0.2, 0) is 4.79 Å². The van der Waals surface area contributed by atoms with Crippen molar-refractivity contribution in [1.29, 1.82) is 0 Å². The van der Waals surface area contributed by atoms with Crippen LogP contribution in [0.1, 0.15) is 17.3 Å². The molecule has 1 unspecified atom stereocenters. The van der Waals surface area contributed by atoms with Crippen LogP contribution in [0.3, 0.4) is 0 Å². The molecule has 0 aromatic heterocycles. The van der Waals surface area contributed by atoms with Gasteiger partial charge in [-0.2, -0.15) is 0 Å². The Morgan fingerprint density at radius 1 is 1.28 bits per heavy atom. The molecule has 1 atom stereocenters. The van der Waals surface area contributed by atoms with Crippen LogP contribution in [0.2, 0.25) is 0 Å². The molecule has 1 rings (SSSR count). The van der Waals surface area contributed by atoms with Crippen LogP contribution in [0.5, 0.6) is 0 Å². The first-order valence-corrected chi connectivity index (χ1v) is 5.75. The minimum Gasteiger partial charge on any atom is -0.345 e. The molecule has 0 fully saturated rings. The van der Waals surface area contributed by atoms with E-state index in [0.717, 1.165) is 0 Å². The van der Waals surface area contributed by atoms with E-state index in [2.05, 4.69) is 10.6 Å². The molecule has 2 N–H and O–H groups in total. The SMILES string of the molecule is CNC(C)C(=O)Nc1cccc(C(=O)N(C)C)c1. The fourth-order valence-corrected chi connectivity index (χ4v) is 1.37. The highest BCUT2D eigenvalue weighted by molar-refractivity contribution is 5.98. The van der Waals surface area contributed by atoms with Gasteiger partial charge in [-0.3, -0.25) is 9.59 Å². The van der Waals surface area contributed by atoms with Crippen molar-refractivity contribution in [2.45, 2.75) is 13.0 Å². The largest absolute Gasteiger partial charge is 0.345 e. The van der Waals surface area contributed by atoms with Crippen molar-refractivity contribution >= 4 is 17.5 Å². The molecule has 0 aliphatic rings. The first-order valence-electron chi connectivity index (χ1n) is 5.75. The number of hydrogen-bond donors (Lipinski definition) is 2. The van der Waals surface area contributed by atoms with Crippen LogP contribution < -0.4 is 10.6 Å². The van der Waals surface area contributed by atoms with Crippen molar-refractivity contribution in [2.75, 3.05) is 26.5 Å². The van der Waals surface area contributed by atoms with Crippen LogP contribution in [0.4, 0.5) is 5.69 Å². The van der Waals surface area contributed by atoms with Gasteiger partial charge in [0.25, 0.3) is 5.91 Å². The predicted octanol–water partition coefficient (Wildman–Crippen LogP) is 0.935. The van der Waals surface area contributed by atoms with Crippen LogP contribution in [-0.4, -0.2) is 43.9 Å². The summed E-state index contributed by atoms with van der Waals surface area (Å²) in [4.78, 5) is 25.0. The number of carbonyl (C=O) groups excluding carboxylic acids is 2. The van der Waals surface area contributed by atoms with Crippen LogP contribution >= 0.6 is 0 Å². The maximum absolute atomic E-state index is 11.8. The number of amides is 2. The fraction of sp³-hybridized carbons (Fsp3) is 0.385. The molecule has 0 heterocycles. The quantitative estimate of drug-likeness (QED) is 0.834. The Kier molecular flexibility index (Phi) is 4.85. The summed E-state index contributed by atoms with van der Waals surface area (Å²) in [5.74, 6) is -0.222. The molecule has 0 saturated carbocycles. The summed E-state index contributed by atoms with van der Waals surface area (Å²) in [6, 6.07) is 6.61. The highest BCUT2D eigenvalue weighted by Gasteiger charge is 2.12. The third-order valence-electron chi connectivity index (χ3n) is 2.61. The Bertz CT molecular complexity index is 444. The Hall–Kier alpha value is -1.88. The van der Waals surface area contributed by atoms with Crippen LogP contribution in [0.15, 0.2) is 24.3 Å². The van der Waals surface area contributed by atoms with Gasteiger partial charge in [0, 0.05) is 25.3 Å². The Morgan fingerprint density at radius 3 is 2.50 bits per heavy atom. The molecule has 1 aromatic rings. The van der Waals surface area contributed by atoms with Gasteiger partial charge >= 0.3 is 0 Å². The summed E-state index contributed by atoms with van der Waals surface area (Å²) in [5, 5.41) is 5.61. The number of benzene rings is 1. The predicted molar refractivity (Wildman–Crippen MR) is 71.6 cm³/mol. The van der Waals surface area contributed by atoms with Gasteiger partial charge in [-0.1, -0.05) is 6.07 Å². The van der Waals surface area contributed by atoms with Crippen LogP contribution in [0, 0.1) is 0 Å². The van der Waals surface area contributed by atoms with Gasteiger partial charge in [0.05, 0.1) is 6.04 Å². The first-order chi connectivity index (χ1) is 8.45. The normalized spacial score (nSPS) is 11.8. The standard InChI is InChI=1S/C13H19N3O2/c1-9(14-2)12(17)15-11-7-5-6-10(8-11)13(18)16(3)4/h5-9,14H,1-4H3,(H,15,17). The lowest BCUT2D eigenvalue weighted by molar-refractivity contribution is -0.117. The fourth-order valence-electron chi connectivity index (χ4n) is 1.37. The minimum absolute atomic E-state index is 0.0900. The van der Waals surface area contributed by atoms with E-state index < -0.39 is 0 Å². The number of rotatable bonds is 4. The van der Waals surface area contributed by atoms with E-state index in [1.54, 1.807) is 52.3 Å². The number of hydrogen-bond acceptors (Lipinski definition) is 3. The zero-order chi connectivity index (χ0) is 13.7. The number of nitrogens with zero attached hydrogens (tertiary/aromatic N) is 1. The van der Waals surface area contributed by atoms with Crippen molar-refractivity contribution in [1.82, 2.24) is 10.2 Å². The van der Waals surface area contributed by atoms with E-state index in [4.69, 9.17) is 0 Å². The Labute approximate surface area is 107 Å². The average Bonchev–Trinajstić information content (AvgIpc) is 2.36. The molecule has 1 aromatic carbocycles. The molecule has 0 saturated heterocycles. The Morgan fingerprint density at radius 2 is 1.94 bits per heavy atom. The zero-order valence-corrected chi connectivity index (χ0v) is 11.2. The van der Waals surface area contributed by atoms with Gasteiger partial charge in [0.15, 0.2) is 0 Å². The van der Waals surface area contributed by atoms with Gasteiger partial charge in [0.2, 0.25) is 5.91 Å². The summed E-state index contributed by atoms with van der Waals surface area (Å²) in [6.07, 6.45) is 0. The molecule has 0 aliphatic heterocycles. The van der Waals surface area contributed by atoms with E-state index in [1.165, 1.54) is 4.90 Å². The van der Waals surface area contributed by atoms with E-state index in [-0.39, 0.29) is 17.9 Å². The lowest BCUT2D eigenvalue weighted by atomic mass is 10.1. The molecule has 0 aliphatic carbocycles. The number of carbonyl (C=O) groups is 2. The molecule has 0 bridgehead atoms. The zero-order valence-electron chi connectivity index (χ0n) is 11.2. The molecule has 0 radical (unpaired) electrons. The summed E-state index contributed by atoms with van der Waals surface area (Å²) in [7, 11) is 5.10. The van der Waals surface area contributed by atoms with Crippen molar-refractivity contribution in [2.24, 2.45) is 0 Å². The molecular formula is C13H19N3O2. The third kappa shape index (κ3) is 3.56. The summed E-state index contributed by atoms with van der Waals surface area (Å²) in [5.41, 5.74) is 1.17. The van der Waals surface area contributed by atoms with Gasteiger partial charge in [-0.25, -0.2) is 0 Å². The van der Waals surface area contributed by atoms with Crippen molar-refractivity contribution < 1.29 is 9.59 Å². The third-order valence-corrected chi connectivity index (χ3v) is 2.61. The van der Waals surface area contributed by atoms with Gasteiger partial charge in [-0.15, -0.1) is 0 Å². The number of likely N-dealkylation sites (N-methyl/N-ethyl adjacent to an activating group) is 1. The molecular weight excluding hydrogens is 230 g/mol. The van der Waals surface area contributed by atoms with E-state index >= 15 is 0 Å². The summed E-state index contributed by atoms with van der Waals surface area (Å²) >= 11 is 0. The smallest absolute Gasteiger partial charge is 0.253 e. The van der Waals surface area contributed by atoms with Gasteiger partial charge in [0.1, 0.15) is 0 Å². The monoisotopic (exact) mass is 249 g/mol. The first kappa shape index (κ1) is 14.2. The molecule has 5 heteroatoms. The minimum atomic E-state index is -0.279. The second-order valence-corrected chi connectivity index (χ2v) is 4.28. The topological polar surface area (TPSA) is 61.4 Å². The van der Waals surface area contributed by atoms with E-state index in [0.29, 0.717) is 11.3 Å². The second-order valence-electron chi connectivity index (χ2n) is 4.28. The molecule has 18 heavy (non-hydrogen) atoms. The van der Waals surface area contributed by atoms with E-state index in [9.17, 15) is 9.59 Å². The molecule has 0 spiro atoms. The molecule has 98 valence electrons. The number of anilines is 1. The average molecular weight is 249 g/mol. The lowest BCUT2D eigenvalue weighted by Gasteiger charge is -2.13. The maximum Gasteiger partial charge on any atom is 0.253 e. The second kappa shape index (κ2) is 6.16. The maximum atomic E-state index is 11.8. The van der Waals surface area contributed by atoms with E-state index in [1.807, 2.05) is 0 Å². The highest BCUT2D eigenvalue weighted by Crippen LogP contribution is 2.12. The highest BCUT2D eigenvalue weighted by atomic mass is 16.2. The number of nitrogens with one attached hydrogen (secondary N) is 2. The van der Waals surface area contributed by atoms with Gasteiger partial charge in [-0.05, 0) is 32.2 Å². The summed E-state index contributed by atoms with van der Waals surface area (Å²) < 4.78 is 0. The van der Waals surface area contributed by atoms with Crippen molar-refractivity contribution in [3.8, 4) is 0 Å². The molecule has 5 nitrogen and oxygen atoms in total. The Balaban J connectivity index is 2.83. The van der Waals surface area contributed by atoms with Crippen molar-refractivity contribution in [3.05, 3.63) is 29.8 Å². The molecule has 2 amide bonds. The van der Waals surface area contributed by atoms with Gasteiger partial charge < -0.3 is 15.5 Å². The lowest BCUT2D eigenvalue weighted by Crippen LogP contribution is -2.35.